The first-order valence-electron chi connectivity index (χ1n) is 5.94. The van der Waals surface area contributed by atoms with Crippen LogP contribution in [0.4, 0.5) is 0 Å². The van der Waals surface area contributed by atoms with Gasteiger partial charge in [0.2, 0.25) is 0 Å². The number of aromatic nitrogens is 2. The second-order valence-electron chi connectivity index (χ2n) is 3.78. The number of nitriles is 2. The van der Waals surface area contributed by atoms with Crippen LogP contribution in [0, 0.1) is 22.7 Å². The molecule has 2 rings (SSSR count). The average Bonchev–Trinajstić information content (AvgIpc) is 2.57. The van der Waals surface area contributed by atoms with Crippen molar-refractivity contribution in [3.8, 4) is 35.1 Å². The van der Waals surface area contributed by atoms with Crippen LogP contribution in [-0.4, -0.2) is 39.9 Å². The Morgan fingerprint density at radius 2 is 1.58 bits per heavy atom. The van der Waals surface area contributed by atoms with Crippen molar-refractivity contribution in [1.29, 1.82) is 10.5 Å². The molecule has 0 aromatic carbocycles. The number of nitrogens with zero attached hydrogens (tertiary/aromatic N) is 4. The fourth-order valence-corrected chi connectivity index (χ4v) is 1.79. The van der Waals surface area contributed by atoms with E-state index in [1.165, 1.54) is 32.5 Å². The molecule has 0 aliphatic heterocycles. The minimum atomic E-state index is -0.233. The molecule has 0 aliphatic rings. The normalized spacial score (nSPS) is 8.54. The Balaban J connectivity index is 0.000000425. The van der Waals surface area contributed by atoms with E-state index in [0.29, 0.717) is 4.60 Å². The van der Waals surface area contributed by atoms with Gasteiger partial charge in [-0.15, -0.1) is 0 Å². The molecule has 0 unspecified atom stereocenters. The second-order valence-corrected chi connectivity index (χ2v) is 4.59. The summed E-state index contributed by atoms with van der Waals surface area (Å²) in [7, 11) is 2.82. The molecule has 0 saturated carbocycles. The molecule has 0 radical (unpaired) electrons. The summed E-state index contributed by atoms with van der Waals surface area (Å²) in [6.07, 6.45) is 1.40. The van der Waals surface area contributed by atoms with Crippen LogP contribution >= 0.6 is 15.9 Å². The number of pyridine rings is 2. The molecule has 0 amide bonds. The molecule has 2 aromatic heterocycles. The number of hydrogen-bond donors (Lipinski definition) is 2. The van der Waals surface area contributed by atoms with Crippen LogP contribution < -0.4 is 9.47 Å². The van der Waals surface area contributed by atoms with Crippen molar-refractivity contribution in [2.45, 2.75) is 0 Å². The van der Waals surface area contributed by atoms with E-state index in [1.807, 2.05) is 0 Å². The van der Waals surface area contributed by atoms with E-state index < -0.39 is 0 Å². The van der Waals surface area contributed by atoms with Crippen LogP contribution in [0.15, 0.2) is 22.9 Å². The van der Waals surface area contributed by atoms with Gasteiger partial charge >= 0.3 is 0 Å². The van der Waals surface area contributed by atoms with Crippen molar-refractivity contribution >= 4 is 15.9 Å². The molecule has 0 saturated heterocycles. The molecule has 4 N–H and O–H groups in total. The van der Waals surface area contributed by atoms with Crippen LogP contribution in [0.1, 0.15) is 11.4 Å². The van der Waals surface area contributed by atoms with Gasteiger partial charge in [-0.25, -0.2) is 9.97 Å². The molecule has 2 heterocycles. The molecule has 0 atom stereocenters. The Bertz CT molecular complexity index is 786. The van der Waals surface area contributed by atoms with Gasteiger partial charge in [0, 0.05) is 18.3 Å². The molecular weight excluding hydrogens is 384 g/mol. The van der Waals surface area contributed by atoms with Gasteiger partial charge < -0.3 is 25.2 Å². The molecular formula is C14H13BrN4O5. The van der Waals surface area contributed by atoms with E-state index in [9.17, 15) is 10.2 Å². The molecule has 0 fully saturated rings. The highest BCUT2D eigenvalue weighted by Gasteiger charge is 2.10. The van der Waals surface area contributed by atoms with E-state index in [4.69, 9.17) is 20.0 Å². The molecule has 0 aliphatic carbocycles. The Kier molecular flexibility index (Phi) is 8.58. The summed E-state index contributed by atoms with van der Waals surface area (Å²) in [6.45, 7) is 0. The molecule has 2 aromatic rings. The van der Waals surface area contributed by atoms with Gasteiger partial charge in [0.05, 0.1) is 14.2 Å². The van der Waals surface area contributed by atoms with Crippen molar-refractivity contribution < 1.29 is 25.2 Å². The predicted molar refractivity (Wildman–Crippen MR) is 85.7 cm³/mol. The number of methoxy groups -OCH3 is 2. The van der Waals surface area contributed by atoms with Crippen LogP contribution in [0.25, 0.3) is 0 Å². The standard InChI is InChI=1S/C7H5BrN2O2.C7H6N2O2.H2O/c1-12-5-2-6(8)10-4(3-9)7(5)11;1-11-6-2-3-9-5(4-8)7(6)10;/h2,11H,1H3;2-3,10H,1H3;1H2. The first-order chi connectivity index (χ1) is 11.0. The zero-order valence-electron chi connectivity index (χ0n) is 12.6. The predicted octanol–water partition coefficient (Wildman–Crippen LogP) is 1.27. The highest BCUT2D eigenvalue weighted by Crippen LogP contribution is 2.30. The summed E-state index contributed by atoms with van der Waals surface area (Å²) in [6, 6.07) is 6.43. The van der Waals surface area contributed by atoms with E-state index in [2.05, 4.69) is 25.9 Å². The van der Waals surface area contributed by atoms with Crippen LogP contribution in [0.5, 0.6) is 23.0 Å². The number of ether oxygens (including phenoxy) is 2. The molecule has 0 spiro atoms. The Morgan fingerprint density at radius 3 is 2.08 bits per heavy atom. The fraction of sp³-hybridized carbons (Fsp3) is 0.143. The van der Waals surface area contributed by atoms with Crippen LogP contribution in [-0.2, 0) is 0 Å². The zero-order valence-corrected chi connectivity index (χ0v) is 14.2. The van der Waals surface area contributed by atoms with Crippen molar-refractivity contribution in [1.82, 2.24) is 9.97 Å². The lowest BCUT2D eigenvalue weighted by molar-refractivity contribution is 0.370. The third-order valence-electron chi connectivity index (χ3n) is 2.47. The highest BCUT2D eigenvalue weighted by atomic mass is 79.9. The third kappa shape index (κ3) is 4.98. The summed E-state index contributed by atoms with van der Waals surface area (Å²) in [4.78, 5) is 7.34. The summed E-state index contributed by atoms with van der Waals surface area (Å²) in [5, 5.41) is 35.4. The molecule has 24 heavy (non-hydrogen) atoms. The summed E-state index contributed by atoms with van der Waals surface area (Å²) in [5.74, 6) is 0.0469. The number of rotatable bonds is 2. The molecule has 126 valence electrons. The number of hydrogen-bond acceptors (Lipinski definition) is 8. The van der Waals surface area contributed by atoms with Gasteiger partial charge in [0.25, 0.3) is 0 Å². The smallest absolute Gasteiger partial charge is 0.195 e. The summed E-state index contributed by atoms with van der Waals surface area (Å²) >= 11 is 3.08. The summed E-state index contributed by atoms with van der Waals surface area (Å²) in [5.41, 5.74) is -0.0782. The fourth-order valence-electron chi connectivity index (χ4n) is 1.40. The minimum Gasteiger partial charge on any atom is -0.502 e. The largest absolute Gasteiger partial charge is 0.502 e. The molecule has 0 bridgehead atoms. The SMILES string of the molecule is COc1cc(Br)nc(C#N)c1O.COc1ccnc(C#N)c1O.O. The van der Waals surface area contributed by atoms with E-state index in [1.54, 1.807) is 12.1 Å². The van der Waals surface area contributed by atoms with Crippen LogP contribution in [0.2, 0.25) is 0 Å². The Hall–Kier alpha value is -3.08. The lowest BCUT2D eigenvalue weighted by Gasteiger charge is -2.03. The Labute approximate surface area is 145 Å². The maximum absolute atomic E-state index is 9.28. The lowest BCUT2D eigenvalue weighted by Crippen LogP contribution is -1.90. The Morgan fingerprint density at radius 1 is 1.04 bits per heavy atom. The topological polar surface area (TPSA) is 164 Å². The zero-order chi connectivity index (χ0) is 17.4. The van der Waals surface area contributed by atoms with Crippen molar-refractivity contribution in [2.24, 2.45) is 0 Å². The van der Waals surface area contributed by atoms with Gasteiger partial charge in [-0.3, -0.25) is 0 Å². The lowest BCUT2D eigenvalue weighted by atomic mass is 10.3. The van der Waals surface area contributed by atoms with Crippen molar-refractivity contribution in [2.75, 3.05) is 14.2 Å². The van der Waals surface area contributed by atoms with Crippen LogP contribution in [0.3, 0.4) is 0 Å². The van der Waals surface area contributed by atoms with Crippen molar-refractivity contribution in [3.63, 3.8) is 0 Å². The van der Waals surface area contributed by atoms with E-state index in [0.717, 1.165) is 0 Å². The van der Waals surface area contributed by atoms with E-state index >= 15 is 0 Å². The molecule has 10 heteroatoms. The average molecular weight is 397 g/mol. The quantitative estimate of drug-likeness (QED) is 0.715. The van der Waals surface area contributed by atoms with Gasteiger partial charge in [0.1, 0.15) is 16.7 Å². The first kappa shape index (κ1) is 20.9. The maximum Gasteiger partial charge on any atom is 0.195 e. The highest BCUT2D eigenvalue weighted by molar-refractivity contribution is 9.10. The van der Waals surface area contributed by atoms with Gasteiger partial charge in [-0.1, -0.05) is 0 Å². The third-order valence-corrected chi connectivity index (χ3v) is 2.87. The maximum atomic E-state index is 9.28. The summed E-state index contributed by atoms with van der Waals surface area (Å²) < 4.78 is 10.00. The number of halogens is 1. The number of aromatic hydroxyl groups is 2. The van der Waals surface area contributed by atoms with Gasteiger partial charge in [-0.2, -0.15) is 10.5 Å². The second kappa shape index (κ2) is 9.84. The first-order valence-corrected chi connectivity index (χ1v) is 6.73. The minimum absolute atomic E-state index is 0. The van der Waals surface area contributed by atoms with Gasteiger partial charge in [0.15, 0.2) is 34.4 Å². The monoisotopic (exact) mass is 396 g/mol. The molecule has 9 nitrogen and oxygen atoms in total. The van der Waals surface area contributed by atoms with Gasteiger partial charge in [-0.05, 0) is 15.9 Å². The van der Waals surface area contributed by atoms with Crippen molar-refractivity contribution in [3.05, 3.63) is 34.3 Å². The van der Waals surface area contributed by atoms with E-state index in [-0.39, 0.29) is 39.9 Å².